The number of sulfonamides is 1. The third kappa shape index (κ3) is 2.87. The van der Waals surface area contributed by atoms with Crippen LogP contribution in [0.4, 0.5) is 0 Å². The highest BCUT2D eigenvalue weighted by Crippen LogP contribution is 2.27. The molecule has 1 N–H and O–H groups in total. The van der Waals surface area contributed by atoms with E-state index in [-0.39, 0.29) is 5.91 Å². The Bertz CT molecular complexity index is 492. The summed E-state index contributed by atoms with van der Waals surface area (Å²) in [5.74, 6) is -0.765. The van der Waals surface area contributed by atoms with Crippen molar-refractivity contribution in [3.05, 3.63) is 0 Å². The van der Waals surface area contributed by atoms with E-state index in [1.165, 1.54) is 21.0 Å². The Morgan fingerprint density at radius 1 is 1.32 bits per heavy atom. The van der Waals surface area contributed by atoms with Gasteiger partial charge in [0, 0.05) is 12.3 Å². The van der Waals surface area contributed by atoms with Crippen molar-refractivity contribution in [3.8, 4) is 0 Å². The Morgan fingerprint density at radius 3 is 2.58 bits per heavy atom. The molecule has 2 aliphatic heterocycles. The lowest BCUT2D eigenvalue weighted by molar-refractivity contribution is -0.149. The predicted octanol–water partition coefficient (Wildman–Crippen LogP) is -0.603. The summed E-state index contributed by atoms with van der Waals surface area (Å²) in [6.07, 6.45) is 2.16. The molecule has 108 valence electrons. The average Bonchev–Trinajstić information content (AvgIpc) is 2.96. The molecule has 0 bridgehead atoms. The lowest BCUT2D eigenvalue weighted by Gasteiger charge is -2.28. The Morgan fingerprint density at radius 2 is 2.00 bits per heavy atom. The topological polar surface area (TPSA) is 95.0 Å². The maximum Gasteiger partial charge on any atom is 0.327 e. The zero-order chi connectivity index (χ0) is 14.2. The number of carboxylic acid groups (broad SMARTS) is 1. The fraction of sp³-hybridized carbons (Fsp3) is 0.800. The molecule has 0 spiro atoms. The molecule has 1 unspecified atom stereocenters. The largest absolute Gasteiger partial charge is 0.480 e. The minimum absolute atomic E-state index is 0.309. The number of carboxylic acids is 1. The second-order valence-electron chi connectivity index (χ2n) is 4.69. The van der Waals surface area contributed by atoms with Gasteiger partial charge in [-0.1, -0.05) is 0 Å². The van der Waals surface area contributed by atoms with Crippen molar-refractivity contribution in [2.75, 3.05) is 24.4 Å². The van der Waals surface area contributed by atoms with E-state index in [0.717, 1.165) is 6.26 Å². The maximum atomic E-state index is 12.4. The molecular formula is C10H16N2O5S2. The normalized spacial score (nSPS) is 28.8. The second kappa shape index (κ2) is 5.29. The van der Waals surface area contributed by atoms with E-state index < -0.39 is 28.1 Å². The van der Waals surface area contributed by atoms with Crippen molar-refractivity contribution in [3.63, 3.8) is 0 Å². The van der Waals surface area contributed by atoms with Gasteiger partial charge in [0.25, 0.3) is 0 Å². The fourth-order valence-electron chi connectivity index (χ4n) is 2.44. The van der Waals surface area contributed by atoms with Crippen LogP contribution in [-0.2, 0) is 19.6 Å². The molecule has 0 radical (unpaired) electrons. The molecule has 2 atom stereocenters. The van der Waals surface area contributed by atoms with Gasteiger partial charge in [-0.15, -0.1) is 11.8 Å². The molecule has 0 aromatic heterocycles. The van der Waals surface area contributed by atoms with Crippen molar-refractivity contribution in [1.82, 2.24) is 9.21 Å². The molecule has 2 aliphatic rings. The summed E-state index contributed by atoms with van der Waals surface area (Å²) < 4.78 is 24.4. The van der Waals surface area contributed by atoms with Crippen LogP contribution in [0.15, 0.2) is 0 Å². The summed E-state index contributed by atoms with van der Waals surface area (Å²) in [4.78, 5) is 24.7. The minimum atomic E-state index is -3.43. The highest BCUT2D eigenvalue weighted by molar-refractivity contribution is 7.99. The molecule has 1 amide bonds. The first kappa shape index (κ1) is 14.6. The molecule has 0 aromatic carbocycles. The molecule has 0 saturated carbocycles. The van der Waals surface area contributed by atoms with E-state index in [1.54, 1.807) is 0 Å². The molecule has 2 saturated heterocycles. The van der Waals surface area contributed by atoms with Gasteiger partial charge in [0.1, 0.15) is 12.1 Å². The number of hydrogen-bond donors (Lipinski definition) is 1. The van der Waals surface area contributed by atoms with E-state index >= 15 is 0 Å². The molecule has 2 fully saturated rings. The number of carbonyl (C=O) groups excluding carboxylic acids is 1. The van der Waals surface area contributed by atoms with Crippen molar-refractivity contribution < 1.29 is 23.1 Å². The summed E-state index contributed by atoms with van der Waals surface area (Å²) >= 11 is 1.37. The highest BCUT2D eigenvalue weighted by atomic mass is 32.2. The van der Waals surface area contributed by atoms with Gasteiger partial charge in [-0.2, -0.15) is 4.31 Å². The Labute approximate surface area is 116 Å². The Balaban J connectivity index is 2.17. The lowest BCUT2D eigenvalue weighted by atomic mass is 10.2. The van der Waals surface area contributed by atoms with Crippen LogP contribution in [0.5, 0.6) is 0 Å². The quantitative estimate of drug-likeness (QED) is 0.748. The molecule has 0 aromatic rings. The van der Waals surface area contributed by atoms with E-state index in [2.05, 4.69) is 0 Å². The minimum Gasteiger partial charge on any atom is -0.480 e. The standard InChI is InChI=1S/C10H16N2O5S2/c1-19(16,17)12-4-2-3-7(12)9(13)11-6-18-5-8(11)10(14)15/h7-8H,2-6H2,1H3,(H,14,15)/t7?,8-/m0/s1. The number of aliphatic carboxylic acids is 1. The zero-order valence-corrected chi connectivity index (χ0v) is 12.1. The summed E-state index contributed by atoms with van der Waals surface area (Å²) in [5.41, 5.74) is 0. The number of nitrogens with zero attached hydrogens (tertiary/aromatic N) is 2. The van der Waals surface area contributed by atoms with E-state index in [0.29, 0.717) is 31.0 Å². The first-order valence-electron chi connectivity index (χ1n) is 5.90. The van der Waals surface area contributed by atoms with Crippen LogP contribution in [0.3, 0.4) is 0 Å². The maximum absolute atomic E-state index is 12.4. The lowest BCUT2D eigenvalue weighted by Crippen LogP contribution is -2.51. The van der Waals surface area contributed by atoms with Crippen molar-refractivity contribution >= 4 is 33.7 Å². The van der Waals surface area contributed by atoms with Crippen LogP contribution in [0.25, 0.3) is 0 Å². The van der Waals surface area contributed by atoms with Crippen molar-refractivity contribution in [1.29, 1.82) is 0 Å². The molecule has 2 heterocycles. The monoisotopic (exact) mass is 308 g/mol. The smallest absolute Gasteiger partial charge is 0.327 e. The first-order chi connectivity index (χ1) is 8.82. The first-order valence-corrected chi connectivity index (χ1v) is 8.90. The van der Waals surface area contributed by atoms with E-state index in [4.69, 9.17) is 5.11 Å². The van der Waals surface area contributed by atoms with Crippen LogP contribution in [0.1, 0.15) is 12.8 Å². The van der Waals surface area contributed by atoms with Crippen LogP contribution >= 0.6 is 11.8 Å². The molecule has 2 rings (SSSR count). The van der Waals surface area contributed by atoms with Gasteiger partial charge in [0.2, 0.25) is 15.9 Å². The number of thioether (sulfide) groups is 1. The van der Waals surface area contributed by atoms with Crippen molar-refractivity contribution in [2.24, 2.45) is 0 Å². The Kier molecular flexibility index (Phi) is 4.07. The molecule has 7 nitrogen and oxygen atoms in total. The third-order valence-corrected chi connectivity index (χ3v) is 5.67. The van der Waals surface area contributed by atoms with Crippen molar-refractivity contribution in [2.45, 2.75) is 24.9 Å². The highest BCUT2D eigenvalue weighted by Gasteiger charge is 2.43. The van der Waals surface area contributed by atoms with Crippen LogP contribution in [0, 0.1) is 0 Å². The average molecular weight is 308 g/mol. The summed E-state index contributed by atoms with van der Waals surface area (Å²) in [6, 6.07) is -1.59. The summed E-state index contributed by atoms with van der Waals surface area (Å²) in [7, 11) is -3.43. The second-order valence-corrected chi connectivity index (χ2v) is 7.63. The van der Waals surface area contributed by atoms with Crippen LogP contribution in [0.2, 0.25) is 0 Å². The van der Waals surface area contributed by atoms with Crippen LogP contribution < -0.4 is 0 Å². The summed E-state index contributed by atoms with van der Waals surface area (Å²) in [5, 5.41) is 9.06. The molecule has 19 heavy (non-hydrogen) atoms. The molecule has 9 heteroatoms. The van der Waals surface area contributed by atoms with Gasteiger partial charge in [0.15, 0.2) is 0 Å². The zero-order valence-electron chi connectivity index (χ0n) is 10.5. The number of amides is 1. The van der Waals surface area contributed by atoms with Gasteiger partial charge in [-0.25, -0.2) is 13.2 Å². The summed E-state index contributed by atoms with van der Waals surface area (Å²) in [6.45, 7) is 0.327. The number of rotatable bonds is 3. The van der Waals surface area contributed by atoms with E-state index in [1.807, 2.05) is 0 Å². The van der Waals surface area contributed by atoms with Gasteiger partial charge < -0.3 is 10.0 Å². The van der Waals surface area contributed by atoms with Gasteiger partial charge in [-0.3, -0.25) is 4.79 Å². The Hall–Kier alpha value is -0.800. The number of hydrogen-bond acceptors (Lipinski definition) is 5. The number of carbonyl (C=O) groups is 2. The van der Waals surface area contributed by atoms with Gasteiger partial charge in [0.05, 0.1) is 12.1 Å². The molecule has 0 aliphatic carbocycles. The van der Waals surface area contributed by atoms with Gasteiger partial charge >= 0.3 is 5.97 Å². The predicted molar refractivity (Wildman–Crippen MR) is 70.2 cm³/mol. The SMILES string of the molecule is CS(=O)(=O)N1CCCC1C(=O)N1CSC[C@H]1C(=O)O. The molecular weight excluding hydrogens is 292 g/mol. The van der Waals surface area contributed by atoms with E-state index in [9.17, 15) is 18.0 Å². The van der Waals surface area contributed by atoms with Crippen LogP contribution in [-0.4, -0.2) is 71.1 Å². The fourth-order valence-corrected chi connectivity index (χ4v) is 4.71. The third-order valence-electron chi connectivity index (χ3n) is 3.37. The van der Waals surface area contributed by atoms with Gasteiger partial charge in [-0.05, 0) is 12.8 Å².